The number of nitrogens with zero attached hydrogens (tertiary/aromatic N) is 3. The molecule has 0 fully saturated rings. The average molecular weight is 399 g/mol. The molecule has 2 N–H and O–H groups in total. The largest absolute Gasteiger partial charge is 0.489 e. The van der Waals surface area contributed by atoms with Gasteiger partial charge in [-0.2, -0.15) is 0 Å². The summed E-state index contributed by atoms with van der Waals surface area (Å²) in [6.45, 7) is 2.74. The Hall–Kier alpha value is -3.42. The third kappa shape index (κ3) is 5.78. The van der Waals surface area contributed by atoms with Gasteiger partial charge in [-0.05, 0) is 36.8 Å². The number of aromatic nitrogens is 2. The number of nitrogens with one attached hydrogen (secondary N) is 2. The highest BCUT2D eigenvalue weighted by Gasteiger charge is 2.08. The van der Waals surface area contributed by atoms with Crippen LogP contribution in [-0.2, 0) is 6.54 Å². The Morgan fingerprint density at radius 1 is 1.21 bits per heavy atom. The monoisotopic (exact) mass is 399 g/mol. The Balaban J connectivity index is 1.49. The van der Waals surface area contributed by atoms with E-state index in [1.54, 1.807) is 48.5 Å². The molecule has 8 heteroatoms. The number of hydrogen-bond donors (Lipinski definition) is 2. The smallest absolute Gasteiger partial charge is 0.191 e. The summed E-state index contributed by atoms with van der Waals surface area (Å²) >= 11 is 0. The van der Waals surface area contributed by atoms with Crippen molar-refractivity contribution in [1.82, 2.24) is 20.2 Å². The van der Waals surface area contributed by atoms with Crippen molar-refractivity contribution in [2.75, 3.05) is 13.6 Å². The maximum atomic E-state index is 14.3. The van der Waals surface area contributed by atoms with Gasteiger partial charge in [-0.15, -0.1) is 0 Å². The standard InChI is InChI=1S/C21H23F2N5O/c1-15(29-18-5-3-4-17(22)11-18)12-26-21(24-2)27-13-16-6-7-20(19(23)10-16)28-9-8-25-14-28/h3-11,14-15H,12-13H2,1-2H3,(H2,24,26,27). The predicted octanol–water partition coefficient (Wildman–Crippen LogP) is 3.28. The summed E-state index contributed by atoms with van der Waals surface area (Å²) in [4.78, 5) is 8.08. The molecule has 1 heterocycles. The van der Waals surface area contributed by atoms with Gasteiger partial charge >= 0.3 is 0 Å². The van der Waals surface area contributed by atoms with Crippen LogP contribution in [0.2, 0.25) is 0 Å². The van der Waals surface area contributed by atoms with Crippen LogP contribution in [0.15, 0.2) is 66.2 Å². The molecule has 2 aromatic carbocycles. The second-order valence-corrected chi connectivity index (χ2v) is 6.45. The number of hydrogen-bond acceptors (Lipinski definition) is 3. The van der Waals surface area contributed by atoms with Gasteiger partial charge in [-0.1, -0.05) is 12.1 Å². The molecular formula is C21H23F2N5O. The van der Waals surface area contributed by atoms with Crippen molar-refractivity contribution in [1.29, 1.82) is 0 Å². The minimum atomic E-state index is -0.341. The van der Waals surface area contributed by atoms with Crippen molar-refractivity contribution < 1.29 is 13.5 Å². The van der Waals surface area contributed by atoms with Gasteiger partial charge in [0.15, 0.2) is 5.96 Å². The Morgan fingerprint density at radius 3 is 2.76 bits per heavy atom. The van der Waals surface area contributed by atoms with Crippen molar-refractivity contribution in [3.05, 3.63) is 78.4 Å². The molecule has 0 saturated carbocycles. The van der Waals surface area contributed by atoms with Crippen molar-refractivity contribution >= 4 is 5.96 Å². The summed E-state index contributed by atoms with van der Waals surface area (Å²) in [6.07, 6.45) is 4.63. The quantitative estimate of drug-likeness (QED) is 0.473. The third-order valence-corrected chi connectivity index (χ3v) is 4.17. The molecule has 1 atom stereocenters. The Bertz CT molecular complexity index is 959. The highest BCUT2D eigenvalue weighted by atomic mass is 19.1. The first-order valence-electron chi connectivity index (χ1n) is 9.18. The molecule has 29 heavy (non-hydrogen) atoms. The van der Waals surface area contributed by atoms with Crippen LogP contribution in [0.25, 0.3) is 5.69 Å². The lowest BCUT2D eigenvalue weighted by molar-refractivity contribution is 0.223. The van der Waals surface area contributed by atoms with E-state index in [2.05, 4.69) is 20.6 Å². The van der Waals surface area contributed by atoms with E-state index in [9.17, 15) is 8.78 Å². The molecule has 0 aliphatic heterocycles. The van der Waals surface area contributed by atoms with Crippen LogP contribution in [-0.4, -0.2) is 35.2 Å². The molecule has 1 aromatic heterocycles. The normalized spacial score (nSPS) is 12.5. The van der Waals surface area contributed by atoms with Gasteiger partial charge < -0.3 is 19.9 Å². The first-order valence-corrected chi connectivity index (χ1v) is 9.18. The maximum Gasteiger partial charge on any atom is 0.191 e. The lowest BCUT2D eigenvalue weighted by Gasteiger charge is -2.18. The molecule has 1 unspecified atom stereocenters. The van der Waals surface area contributed by atoms with Crippen molar-refractivity contribution in [2.24, 2.45) is 4.99 Å². The summed E-state index contributed by atoms with van der Waals surface area (Å²) in [6, 6.07) is 11.0. The summed E-state index contributed by atoms with van der Waals surface area (Å²) in [5.74, 6) is 0.350. The molecule has 0 radical (unpaired) electrons. The Kier molecular flexibility index (Phi) is 6.78. The minimum absolute atomic E-state index is 0.206. The third-order valence-electron chi connectivity index (χ3n) is 4.17. The molecule has 0 spiro atoms. The fraction of sp³-hybridized carbons (Fsp3) is 0.238. The predicted molar refractivity (Wildman–Crippen MR) is 108 cm³/mol. The maximum absolute atomic E-state index is 14.3. The van der Waals surface area contributed by atoms with E-state index in [-0.39, 0.29) is 17.7 Å². The van der Waals surface area contributed by atoms with E-state index >= 15 is 0 Å². The number of guanidine groups is 1. The van der Waals surface area contributed by atoms with Crippen molar-refractivity contribution in [2.45, 2.75) is 19.6 Å². The summed E-state index contributed by atoms with van der Waals surface area (Å²) in [5.41, 5.74) is 1.22. The van der Waals surface area contributed by atoms with E-state index in [0.29, 0.717) is 30.5 Å². The van der Waals surface area contributed by atoms with Gasteiger partial charge in [0.2, 0.25) is 0 Å². The zero-order chi connectivity index (χ0) is 20.6. The van der Waals surface area contributed by atoms with Gasteiger partial charge in [-0.3, -0.25) is 4.99 Å². The molecule has 3 aromatic rings. The van der Waals surface area contributed by atoms with E-state index in [4.69, 9.17) is 4.74 Å². The highest BCUT2D eigenvalue weighted by molar-refractivity contribution is 5.79. The SMILES string of the molecule is CN=C(NCc1ccc(-n2ccnc2)c(F)c1)NCC(C)Oc1cccc(F)c1. The molecule has 0 saturated heterocycles. The number of imidazole rings is 1. The van der Waals surface area contributed by atoms with Crippen LogP contribution in [0.4, 0.5) is 8.78 Å². The van der Waals surface area contributed by atoms with Gasteiger partial charge in [0.25, 0.3) is 0 Å². The molecular weight excluding hydrogens is 376 g/mol. The second-order valence-electron chi connectivity index (χ2n) is 6.45. The van der Waals surface area contributed by atoms with Crippen molar-refractivity contribution in [3.63, 3.8) is 0 Å². The van der Waals surface area contributed by atoms with Crippen molar-refractivity contribution in [3.8, 4) is 11.4 Å². The summed E-state index contributed by atoms with van der Waals surface area (Å²) in [7, 11) is 1.65. The molecule has 3 rings (SSSR count). The molecule has 0 amide bonds. The zero-order valence-corrected chi connectivity index (χ0v) is 16.3. The van der Waals surface area contributed by atoms with Crippen LogP contribution >= 0.6 is 0 Å². The first-order chi connectivity index (χ1) is 14.0. The highest BCUT2D eigenvalue weighted by Crippen LogP contribution is 2.15. The second kappa shape index (κ2) is 9.68. The fourth-order valence-electron chi connectivity index (χ4n) is 2.73. The lowest BCUT2D eigenvalue weighted by atomic mass is 10.2. The Labute approximate surface area is 168 Å². The summed E-state index contributed by atoms with van der Waals surface area (Å²) in [5, 5.41) is 6.27. The fourth-order valence-corrected chi connectivity index (χ4v) is 2.73. The topological polar surface area (TPSA) is 63.5 Å². The number of halogens is 2. The average Bonchev–Trinajstić information content (AvgIpc) is 3.22. The summed E-state index contributed by atoms with van der Waals surface area (Å²) < 4.78 is 34.9. The van der Waals surface area contributed by atoms with Gasteiger partial charge in [0, 0.05) is 32.1 Å². The molecule has 0 bridgehead atoms. The van der Waals surface area contributed by atoms with Crippen LogP contribution < -0.4 is 15.4 Å². The number of ether oxygens (including phenoxy) is 1. The number of rotatable bonds is 7. The number of benzene rings is 2. The van der Waals surface area contributed by atoms with E-state index in [1.165, 1.54) is 18.2 Å². The van der Waals surface area contributed by atoms with Gasteiger partial charge in [0.05, 0.1) is 18.6 Å². The first kappa shape index (κ1) is 20.3. The number of aliphatic imine (C=N–C) groups is 1. The van der Waals surface area contributed by atoms with Crippen LogP contribution in [0.1, 0.15) is 12.5 Å². The zero-order valence-electron chi connectivity index (χ0n) is 16.3. The van der Waals surface area contributed by atoms with Crippen LogP contribution in [0.5, 0.6) is 5.75 Å². The lowest BCUT2D eigenvalue weighted by Crippen LogP contribution is -2.41. The molecule has 0 aliphatic rings. The molecule has 152 valence electrons. The van der Waals surface area contributed by atoms with Gasteiger partial charge in [-0.25, -0.2) is 13.8 Å². The van der Waals surface area contributed by atoms with Crippen LogP contribution in [0, 0.1) is 11.6 Å². The minimum Gasteiger partial charge on any atom is -0.489 e. The molecule has 6 nitrogen and oxygen atoms in total. The van der Waals surface area contributed by atoms with Crippen LogP contribution in [0.3, 0.4) is 0 Å². The van der Waals surface area contributed by atoms with E-state index in [0.717, 1.165) is 5.56 Å². The molecule has 0 aliphatic carbocycles. The Morgan fingerprint density at radius 2 is 2.07 bits per heavy atom. The van der Waals surface area contributed by atoms with E-state index < -0.39 is 0 Å². The van der Waals surface area contributed by atoms with Gasteiger partial charge in [0.1, 0.15) is 23.5 Å². The van der Waals surface area contributed by atoms with E-state index in [1.807, 2.05) is 13.0 Å².